The number of hydrogen-bond donors (Lipinski definition) is 1. The van der Waals surface area contributed by atoms with Gasteiger partial charge in [0.25, 0.3) is 5.69 Å². The molecule has 1 aromatic heterocycles. The third-order valence-corrected chi connectivity index (χ3v) is 4.97. The molecule has 1 aliphatic rings. The van der Waals surface area contributed by atoms with Crippen molar-refractivity contribution in [1.29, 1.82) is 0 Å². The molecule has 7 heteroatoms. The first-order valence-electron chi connectivity index (χ1n) is 9.42. The lowest BCUT2D eigenvalue weighted by Crippen LogP contribution is -2.47. The smallest absolute Gasteiger partial charge is 0.287 e. The SMILES string of the molecule is Cc1cccc(N2CCN(CC[C@@H](C)Nc3ccc([N+](=O)[O-])cn3)CC2)c1. The molecule has 1 aliphatic heterocycles. The van der Waals surface area contributed by atoms with E-state index in [1.165, 1.54) is 23.5 Å². The van der Waals surface area contributed by atoms with E-state index in [2.05, 4.69) is 58.2 Å². The normalized spacial score (nSPS) is 16.1. The minimum Gasteiger partial charge on any atom is -0.369 e. The number of nitro groups is 1. The molecule has 1 N–H and O–H groups in total. The molecule has 1 saturated heterocycles. The van der Waals surface area contributed by atoms with Crippen LogP contribution in [0.1, 0.15) is 18.9 Å². The summed E-state index contributed by atoms with van der Waals surface area (Å²) in [6.45, 7) is 9.51. The molecule has 0 spiro atoms. The molecule has 0 aliphatic carbocycles. The molecule has 1 aromatic carbocycles. The first-order chi connectivity index (χ1) is 13.0. The van der Waals surface area contributed by atoms with E-state index in [9.17, 15) is 10.1 Å². The van der Waals surface area contributed by atoms with E-state index in [1.807, 2.05) is 0 Å². The molecular weight excluding hydrogens is 342 g/mol. The summed E-state index contributed by atoms with van der Waals surface area (Å²) < 4.78 is 0. The van der Waals surface area contributed by atoms with Crippen LogP contribution in [0.15, 0.2) is 42.6 Å². The molecule has 0 radical (unpaired) electrons. The van der Waals surface area contributed by atoms with Gasteiger partial charge in [-0.15, -0.1) is 0 Å². The Morgan fingerprint density at radius 3 is 2.63 bits per heavy atom. The first-order valence-corrected chi connectivity index (χ1v) is 9.42. The van der Waals surface area contributed by atoms with Gasteiger partial charge in [-0.25, -0.2) is 4.98 Å². The number of benzene rings is 1. The molecule has 27 heavy (non-hydrogen) atoms. The van der Waals surface area contributed by atoms with E-state index in [-0.39, 0.29) is 11.7 Å². The van der Waals surface area contributed by atoms with E-state index in [1.54, 1.807) is 6.07 Å². The maximum Gasteiger partial charge on any atom is 0.287 e. The summed E-state index contributed by atoms with van der Waals surface area (Å²) >= 11 is 0. The fourth-order valence-corrected chi connectivity index (χ4v) is 3.33. The van der Waals surface area contributed by atoms with Crippen molar-refractivity contribution < 1.29 is 4.92 Å². The monoisotopic (exact) mass is 369 g/mol. The summed E-state index contributed by atoms with van der Waals surface area (Å²) in [7, 11) is 0. The van der Waals surface area contributed by atoms with Gasteiger partial charge in [0.05, 0.1) is 4.92 Å². The quantitative estimate of drug-likeness (QED) is 0.596. The molecular formula is C20H27N5O2. The third kappa shape index (κ3) is 5.40. The van der Waals surface area contributed by atoms with Crippen molar-refractivity contribution in [1.82, 2.24) is 9.88 Å². The molecule has 1 atom stereocenters. The van der Waals surface area contributed by atoms with Crippen LogP contribution in [0.3, 0.4) is 0 Å². The molecule has 3 rings (SSSR count). The van der Waals surface area contributed by atoms with Crippen LogP contribution in [0.2, 0.25) is 0 Å². The molecule has 0 bridgehead atoms. The molecule has 7 nitrogen and oxygen atoms in total. The van der Waals surface area contributed by atoms with E-state index < -0.39 is 4.92 Å². The minimum atomic E-state index is -0.434. The van der Waals surface area contributed by atoms with Gasteiger partial charge in [0, 0.05) is 50.5 Å². The number of hydrogen-bond acceptors (Lipinski definition) is 6. The van der Waals surface area contributed by atoms with Crippen molar-refractivity contribution in [2.24, 2.45) is 0 Å². The maximum absolute atomic E-state index is 10.7. The van der Waals surface area contributed by atoms with Gasteiger partial charge in [0.2, 0.25) is 0 Å². The number of piperazine rings is 1. The zero-order valence-corrected chi connectivity index (χ0v) is 16.0. The highest BCUT2D eigenvalue weighted by Gasteiger charge is 2.18. The Bertz CT molecular complexity index is 757. The molecule has 144 valence electrons. The van der Waals surface area contributed by atoms with Gasteiger partial charge >= 0.3 is 0 Å². The fourth-order valence-electron chi connectivity index (χ4n) is 3.33. The highest BCUT2D eigenvalue weighted by Crippen LogP contribution is 2.18. The number of rotatable bonds is 7. The number of aryl methyl sites for hydroxylation is 1. The lowest BCUT2D eigenvalue weighted by molar-refractivity contribution is -0.385. The van der Waals surface area contributed by atoms with Crippen LogP contribution in [0.4, 0.5) is 17.2 Å². The largest absolute Gasteiger partial charge is 0.369 e. The number of pyridine rings is 1. The van der Waals surface area contributed by atoms with E-state index >= 15 is 0 Å². The molecule has 0 unspecified atom stereocenters. The van der Waals surface area contributed by atoms with Gasteiger partial charge in [0.15, 0.2) is 0 Å². The Morgan fingerprint density at radius 2 is 2.00 bits per heavy atom. The van der Waals surface area contributed by atoms with Crippen LogP contribution in [0.25, 0.3) is 0 Å². The second kappa shape index (κ2) is 8.81. The Kier molecular flexibility index (Phi) is 6.24. The predicted molar refractivity (Wildman–Crippen MR) is 108 cm³/mol. The topological polar surface area (TPSA) is 74.5 Å². The van der Waals surface area contributed by atoms with E-state index in [0.29, 0.717) is 5.82 Å². The second-order valence-electron chi connectivity index (χ2n) is 7.16. The predicted octanol–water partition coefficient (Wildman–Crippen LogP) is 3.31. The second-order valence-corrected chi connectivity index (χ2v) is 7.16. The standard InChI is InChI=1S/C20H27N5O2/c1-16-4-3-5-18(14-16)24-12-10-23(11-13-24)9-8-17(2)22-20-7-6-19(15-21-20)25(26)27/h3-7,14-15,17H,8-13H2,1-2H3,(H,21,22)/t17-/m1/s1. The first kappa shape index (κ1) is 19.1. The summed E-state index contributed by atoms with van der Waals surface area (Å²) in [6, 6.07) is 12.1. The van der Waals surface area contributed by atoms with Crippen LogP contribution in [0, 0.1) is 17.0 Å². The third-order valence-electron chi connectivity index (χ3n) is 4.97. The lowest BCUT2D eigenvalue weighted by atomic mass is 10.1. The zero-order valence-electron chi connectivity index (χ0n) is 16.0. The number of anilines is 2. The van der Waals surface area contributed by atoms with Crippen LogP contribution >= 0.6 is 0 Å². The van der Waals surface area contributed by atoms with Gasteiger partial charge < -0.3 is 10.2 Å². The van der Waals surface area contributed by atoms with Crippen LogP contribution in [-0.2, 0) is 0 Å². The fraction of sp³-hybridized carbons (Fsp3) is 0.450. The van der Waals surface area contributed by atoms with Crippen LogP contribution in [0.5, 0.6) is 0 Å². The summed E-state index contributed by atoms with van der Waals surface area (Å²) in [5.74, 6) is 0.678. The van der Waals surface area contributed by atoms with Gasteiger partial charge in [-0.2, -0.15) is 0 Å². The molecule has 2 heterocycles. The van der Waals surface area contributed by atoms with Crippen molar-refractivity contribution in [3.63, 3.8) is 0 Å². The highest BCUT2D eigenvalue weighted by atomic mass is 16.6. The average molecular weight is 369 g/mol. The Balaban J connectivity index is 1.41. The minimum absolute atomic E-state index is 0.0136. The Morgan fingerprint density at radius 1 is 1.22 bits per heavy atom. The lowest BCUT2D eigenvalue weighted by Gasteiger charge is -2.36. The van der Waals surface area contributed by atoms with Crippen molar-refractivity contribution in [3.8, 4) is 0 Å². The Labute approximate surface area is 160 Å². The maximum atomic E-state index is 10.7. The van der Waals surface area contributed by atoms with Gasteiger partial charge in [-0.1, -0.05) is 12.1 Å². The van der Waals surface area contributed by atoms with Crippen molar-refractivity contribution in [2.45, 2.75) is 26.3 Å². The summed E-state index contributed by atoms with van der Waals surface area (Å²) in [4.78, 5) is 19.3. The van der Waals surface area contributed by atoms with Crippen LogP contribution < -0.4 is 10.2 Å². The van der Waals surface area contributed by atoms with Crippen molar-refractivity contribution in [2.75, 3.05) is 42.9 Å². The van der Waals surface area contributed by atoms with Crippen LogP contribution in [-0.4, -0.2) is 53.6 Å². The average Bonchev–Trinajstić information content (AvgIpc) is 2.67. The molecule has 0 saturated carbocycles. The van der Waals surface area contributed by atoms with Gasteiger partial charge in [-0.3, -0.25) is 15.0 Å². The number of nitrogens with zero attached hydrogens (tertiary/aromatic N) is 4. The molecule has 0 amide bonds. The van der Waals surface area contributed by atoms with Gasteiger partial charge in [-0.05, 0) is 44.0 Å². The zero-order chi connectivity index (χ0) is 19.2. The van der Waals surface area contributed by atoms with E-state index in [4.69, 9.17) is 0 Å². The summed E-state index contributed by atoms with van der Waals surface area (Å²) in [5.41, 5.74) is 2.63. The molecule has 1 fully saturated rings. The summed E-state index contributed by atoms with van der Waals surface area (Å²) in [6.07, 6.45) is 2.29. The van der Waals surface area contributed by atoms with Gasteiger partial charge in [0.1, 0.15) is 12.0 Å². The summed E-state index contributed by atoms with van der Waals surface area (Å²) in [5, 5.41) is 14.0. The van der Waals surface area contributed by atoms with E-state index in [0.717, 1.165) is 39.1 Å². The highest BCUT2D eigenvalue weighted by molar-refractivity contribution is 5.48. The van der Waals surface area contributed by atoms with Crippen molar-refractivity contribution >= 4 is 17.2 Å². The number of aromatic nitrogens is 1. The molecule has 2 aromatic rings. The Hall–Kier alpha value is -2.67. The number of nitrogens with one attached hydrogen (secondary N) is 1. The van der Waals surface area contributed by atoms with Crippen molar-refractivity contribution in [3.05, 3.63) is 58.3 Å².